The topological polar surface area (TPSA) is 12.0 Å². The second-order valence-electron chi connectivity index (χ2n) is 4.51. The van der Waals surface area contributed by atoms with E-state index in [-0.39, 0.29) is 11.4 Å². The van der Waals surface area contributed by atoms with Gasteiger partial charge in [-0.15, -0.1) is 0 Å². The predicted octanol–water partition coefficient (Wildman–Crippen LogP) is 2.90. The van der Waals surface area contributed by atoms with Crippen molar-refractivity contribution < 1.29 is 4.39 Å². The van der Waals surface area contributed by atoms with E-state index in [9.17, 15) is 4.39 Å². The molecule has 1 aromatic rings. The molecule has 1 unspecified atom stereocenters. The zero-order chi connectivity index (χ0) is 10.7. The molecule has 1 N–H and O–H groups in total. The Hall–Kier alpha value is -0.890. The summed E-state index contributed by atoms with van der Waals surface area (Å²) < 4.78 is 13.0. The molecule has 0 amide bonds. The minimum absolute atomic E-state index is 0.126. The predicted molar refractivity (Wildman–Crippen MR) is 60.4 cm³/mol. The minimum atomic E-state index is -0.126. The molecule has 0 aliphatic carbocycles. The third-order valence-electron chi connectivity index (χ3n) is 3.26. The van der Waals surface area contributed by atoms with Crippen LogP contribution in [0.15, 0.2) is 24.3 Å². The van der Waals surface area contributed by atoms with Gasteiger partial charge in [-0.1, -0.05) is 25.5 Å². The standard InChI is InChI=1S/C13H18FN/c1-2-6-13(7-8-15-13)10-11-4-3-5-12(14)9-11/h3-5,9,15H,2,6-8,10H2,1H3. The van der Waals surface area contributed by atoms with Crippen LogP contribution in [0.2, 0.25) is 0 Å². The molecule has 0 aromatic heterocycles. The third kappa shape index (κ3) is 2.37. The maximum atomic E-state index is 13.0. The molecule has 1 aromatic carbocycles. The molecular formula is C13H18FN. The highest BCUT2D eigenvalue weighted by molar-refractivity contribution is 5.20. The summed E-state index contributed by atoms with van der Waals surface area (Å²) in [6.45, 7) is 3.31. The summed E-state index contributed by atoms with van der Waals surface area (Å²) in [5.41, 5.74) is 1.36. The van der Waals surface area contributed by atoms with Crippen molar-refractivity contribution in [3.63, 3.8) is 0 Å². The largest absolute Gasteiger partial charge is 0.311 e. The maximum Gasteiger partial charge on any atom is 0.123 e. The fraction of sp³-hybridized carbons (Fsp3) is 0.538. The van der Waals surface area contributed by atoms with Gasteiger partial charge in [0.05, 0.1) is 0 Å². The highest BCUT2D eigenvalue weighted by Crippen LogP contribution is 2.28. The molecule has 0 saturated carbocycles. The average molecular weight is 207 g/mol. The molecule has 1 atom stereocenters. The van der Waals surface area contributed by atoms with Crippen LogP contribution in [-0.2, 0) is 6.42 Å². The van der Waals surface area contributed by atoms with Crippen molar-refractivity contribution in [2.75, 3.05) is 6.54 Å². The van der Waals surface area contributed by atoms with E-state index in [1.165, 1.54) is 25.3 Å². The lowest BCUT2D eigenvalue weighted by Gasteiger charge is -2.43. The lowest BCUT2D eigenvalue weighted by atomic mass is 9.78. The highest BCUT2D eigenvalue weighted by Gasteiger charge is 2.35. The van der Waals surface area contributed by atoms with Crippen LogP contribution in [0.5, 0.6) is 0 Å². The summed E-state index contributed by atoms with van der Waals surface area (Å²) in [6, 6.07) is 6.96. The summed E-state index contributed by atoms with van der Waals surface area (Å²) >= 11 is 0. The van der Waals surface area contributed by atoms with Crippen molar-refractivity contribution in [3.05, 3.63) is 35.6 Å². The van der Waals surface area contributed by atoms with Gasteiger partial charge < -0.3 is 5.32 Å². The van der Waals surface area contributed by atoms with Gasteiger partial charge in [0, 0.05) is 5.54 Å². The molecule has 15 heavy (non-hydrogen) atoms. The summed E-state index contributed by atoms with van der Waals surface area (Å²) in [5, 5.41) is 3.51. The highest BCUT2D eigenvalue weighted by atomic mass is 19.1. The summed E-state index contributed by atoms with van der Waals surface area (Å²) in [4.78, 5) is 0. The van der Waals surface area contributed by atoms with Gasteiger partial charge in [0.15, 0.2) is 0 Å². The SMILES string of the molecule is CCCC1(Cc2cccc(F)c2)CCN1. The van der Waals surface area contributed by atoms with Gasteiger partial charge in [0.2, 0.25) is 0 Å². The minimum Gasteiger partial charge on any atom is -0.311 e. The van der Waals surface area contributed by atoms with Gasteiger partial charge in [-0.25, -0.2) is 4.39 Å². The molecule has 0 spiro atoms. The molecule has 0 bridgehead atoms. The van der Waals surface area contributed by atoms with Crippen LogP contribution in [0.1, 0.15) is 31.7 Å². The van der Waals surface area contributed by atoms with E-state index in [0.717, 1.165) is 18.5 Å². The normalized spacial score (nSPS) is 24.9. The lowest BCUT2D eigenvalue weighted by Crippen LogP contribution is -2.58. The number of benzene rings is 1. The van der Waals surface area contributed by atoms with Crippen LogP contribution in [0.25, 0.3) is 0 Å². The van der Waals surface area contributed by atoms with Gasteiger partial charge in [-0.3, -0.25) is 0 Å². The molecule has 1 aliphatic rings. The monoisotopic (exact) mass is 207 g/mol. The molecule has 1 aliphatic heterocycles. The fourth-order valence-corrected chi connectivity index (χ4v) is 2.45. The molecule has 1 fully saturated rings. The van der Waals surface area contributed by atoms with Gasteiger partial charge in [-0.2, -0.15) is 0 Å². The molecule has 0 radical (unpaired) electrons. The molecule has 1 saturated heterocycles. The summed E-state index contributed by atoms with van der Waals surface area (Å²) in [5.74, 6) is -0.126. The van der Waals surface area contributed by atoms with Crippen molar-refractivity contribution in [2.24, 2.45) is 0 Å². The number of halogens is 1. The fourth-order valence-electron chi connectivity index (χ4n) is 2.45. The smallest absolute Gasteiger partial charge is 0.123 e. The zero-order valence-electron chi connectivity index (χ0n) is 9.22. The summed E-state index contributed by atoms with van der Waals surface area (Å²) in [6.07, 6.45) is 4.54. The van der Waals surface area contributed by atoms with Gasteiger partial charge in [0.1, 0.15) is 5.82 Å². The van der Waals surface area contributed by atoms with Gasteiger partial charge in [-0.05, 0) is 43.5 Å². The number of rotatable bonds is 4. The molecule has 2 rings (SSSR count). The first kappa shape index (κ1) is 10.6. The van der Waals surface area contributed by atoms with E-state index in [1.54, 1.807) is 12.1 Å². The first-order valence-corrected chi connectivity index (χ1v) is 5.74. The van der Waals surface area contributed by atoms with Gasteiger partial charge in [0.25, 0.3) is 0 Å². The van der Waals surface area contributed by atoms with E-state index in [4.69, 9.17) is 0 Å². The quantitative estimate of drug-likeness (QED) is 0.800. The van der Waals surface area contributed by atoms with Crippen molar-refractivity contribution in [3.8, 4) is 0 Å². The van der Waals surface area contributed by atoms with E-state index in [0.29, 0.717) is 0 Å². The Morgan fingerprint density at radius 2 is 2.27 bits per heavy atom. The molecule has 2 heteroatoms. The average Bonchev–Trinajstić information content (AvgIpc) is 2.15. The first-order valence-electron chi connectivity index (χ1n) is 5.74. The van der Waals surface area contributed by atoms with Crippen LogP contribution < -0.4 is 5.32 Å². The third-order valence-corrected chi connectivity index (χ3v) is 3.26. The Balaban J connectivity index is 2.06. The number of hydrogen-bond donors (Lipinski definition) is 1. The lowest BCUT2D eigenvalue weighted by molar-refractivity contribution is 0.188. The van der Waals surface area contributed by atoms with Crippen molar-refractivity contribution in [2.45, 2.75) is 38.1 Å². The first-order chi connectivity index (χ1) is 7.24. The Morgan fingerprint density at radius 1 is 1.47 bits per heavy atom. The second-order valence-corrected chi connectivity index (χ2v) is 4.51. The van der Waals surface area contributed by atoms with Crippen LogP contribution >= 0.6 is 0 Å². The molecule has 82 valence electrons. The maximum absolute atomic E-state index is 13.0. The van der Waals surface area contributed by atoms with Crippen molar-refractivity contribution in [1.29, 1.82) is 0 Å². The number of hydrogen-bond acceptors (Lipinski definition) is 1. The van der Waals surface area contributed by atoms with E-state index < -0.39 is 0 Å². The van der Waals surface area contributed by atoms with Crippen molar-refractivity contribution >= 4 is 0 Å². The molecule has 1 heterocycles. The molecule has 1 nitrogen and oxygen atoms in total. The number of nitrogens with one attached hydrogen (secondary N) is 1. The van der Waals surface area contributed by atoms with Gasteiger partial charge >= 0.3 is 0 Å². The van der Waals surface area contributed by atoms with Crippen LogP contribution in [0.4, 0.5) is 4.39 Å². The Bertz CT molecular complexity index is 331. The van der Waals surface area contributed by atoms with Crippen molar-refractivity contribution in [1.82, 2.24) is 5.32 Å². The summed E-state index contributed by atoms with van der Waals surface area (Å²) in [7, 11) is 0. The van der Waals surface area contributed by atoms with Crippen LogP contribution in [0.3, 0.4) is 0 Å². The van der Waals surface area contributed by atoms with Crippen LogP contribution in [0, 0.1) is 5.82 Å². The molecular weight excluding hydrogens is 189 g/mol. The zero-order valence-corrected chi connectivity index (χ0v) is 9.22. The Kier molecular flexibility index (Phi) is 3.06. The Morgan fingerprint density at radius 3 is 2.80 bits per heavy atom. The Labute approximate surface area is 90.7 Å². The van der Waals surface area contributed by atoms with E-state index in [2.05, 4.69) is 12.2 Å². The van der Waals surface area contributed by atoms with E-state index >= 15 is 0 Å². The van der Waals surface area contributed by atoms with E-state index in [1.807, 2.05) is 6.07 Å². The second kappa shape index (κ2) is 4.31. The van der Waals surface area contributed by atoms with Crippen LogP contribution in [-0.4, -0.2) is 12.1 Å².